The fourth-order valence-electron chi connectivity index (χ4n) is 3.06. The zero-order valence-electron chi connectivity index (χ0n) is 12.8. The van der Waals surface area contributed by atoms with Crippen molar-refractivity contribution in [2.45, 2.75) is 65.2 Å². The summed E-state index contributed by atoms with van der Waals surface area (Å²) >= 11 is 6.41. The number of rotatable bonds is 5. The number of halogens is 1. The van der Waals surface area contributed by atoms with Crippen LogP contribution in [0.15, 0.2) is 0 Å². The van der Waals surface area contributed by atoms with E-state index in [0.717, 1.165) is 19.3 Å². The average molecular weight is 309 g/mol. The van der Waals surface area contributed by atoms with Crippen molar-refractivity contribution in [1.82, 2.24) is 0 Å². The second kappa shape index (κ2) is 6.80. The van der Waals surface area contributed by atoms with Gasteiger partial charge in [0.25, 0.3) is 0 Å². The van der Waals surface area contributed by atoms with E-state index in [4.69, 9.17) is 11.6 Å². The minimum Gasteiger partial charge on any atom is -0.229 e. The quantitative estimate of drug-likeness (QED) is 0.711. The summed E-state index contributed by atoms with van der Waals surface area (Å²) in [5, 5.41) is 0.162. The highest BCUT2D eigenvalue weighted by molar-refractivity contribution is 7.91. The van der Waals surface area contributed by atoms with Gasteiger partial charge in [-0.15, -0.1) is 11.6 Å². The third-order valence-corrected chi connectivity index (χ3v) is 6.89. The summed E-state index contributed by atoms with van der Waals surface area (Å²) in [5.74, 6) is 1.66. The molecule has 0 aromatic carbocycles. The maximum Gasteiger partial charge on any atom is 0.150 e. The maximum atomic E-state index is 11.8. The van der Waals surface area contributed by atoms with Gasteiger partial charge in [-0.1, -0.05) is 27.7 Å². The van der Waals surface area contributed by atoms with Crippen LogP contribution < -0.4 is 0 Å². The fourth-order valence-corrected chi connectivity index (χ4v) is 4.90. The highest BCUT2D eigenvalue weighted by atomic mass is 35.5. The third-order valence-electron chi connectivity index (χ3n) is 4.43. The van der Waals surface area contributed by atoms with Crippen molar-refractivity contribution in [3.8, 4) is 0 Å². The summed E-state index contributed by atoms with van der Waals surface area (Å²) in [4.78, 5) is 0. The first-order valence-electron chi connectivity index (χ1n) is 7.50. The Kier molecular flexibility index (Phi) is 6.19. The summed E-state index contributed by atoms with van der Waals surface area (Å²) in [6.45, 7) is 8.74. The molecule has 0 heterocycles. The van der Waals surface area contributed by atoms with Gasteiger partial charge < -0.3 is 0 Å². The monoisotopic (exact) mass is 308 g/mol. The molecule has 2 nitrogen and oxygen atoms in total. The van der Waals surface area contributed by atoms with Crippen molar-refractivity contribution >= 4 is 21.4 Å². The summed E-state index contributed by atoms with van der Waals surface area (Å²) in [6.07, 6.45) is 4.74. The smallest absolute Gasteiger partial charge is 0.150 e. The van der Waals surface area contributed by atoms with Crippen LogP contribution in [0.2, 0.25) is 0 Å². The van der Waals surface area contributed by atoms with Crippen molar-refractivity contribution in [3.05, 3.63) is 0 Å². The van der Waals surface area contributed by atoms with Gasteiger partial charge >= 0.3 is 0 Å². The van der Waals surface area contributed by atoms with E-state index in [-0.39, 0.29) is 5.38 Å². The molecule has 0 N–H and O–H groups in total. The second-order valence-corrected chi connectivity index (χ2v) is 9.96. The predicted octanol–water partition coefficient (Wildman–Crippen LogP) is 4.27. The van der Waals surface area contributed by atoms with Crippen molar-refractivity contribution in [2.75, 3.05) is 11.5 Å². The largest absolute Gasteiger partial charge is 0.229 e. The molecular formula is C15H29ClO2S. The van der Waals surface area contributed by atoms with Crippen molar-refractivity contribution in [1.29, 1.82) is 0 Å². The molecule has 4 heteroatoms. The Morgan fingerprint density at radius 2 is 1.79 bits per heavy atom. The summed E-state index contributed by atoms with van der Waals surface area (Å²) in [7, 11) is -2.87. The molecule has 1 fully saturated rings. The van der Waals surface area contributed by atoms with E-state index >= 15 is 0 Å². The van der Waals surface area contributed by atoms with Gasteiger partial charge in [-0.05, 0) is 49.4 Å². The van der Waals surface area contributed by atoms with Crippen LogP contribution in [-0.4, -0.2) is 25.3 Å². The number of hydrogen-bond donors (Lipinski definition) is 0. The second-order valence-electron chi connectivity index (χ2n) is 7.09. The lowest BCUT2D eigenvalue weighted by Gasteiger charge is -2.40. The summed E-state index contributed by atoms with van der Waals surface area (Å²) < 4.78 is 23.6. The van der Waals surface area contributed by atoms with E-state index in [2.05, 4.69) is 20.8 Å². The lowest BCUT2D eigenvalue weighted by molar-refractivity contribution is 0.142. The van der Waals surface area contributed by atoms with E-state index in [1.54, 1.807) is 0 Å². The molecule has 0 aromatic rings. The third kappa shape index (κ3) is 5.63. The molecule has 3 atom stereocenters. The van der Waals surface area contributed by atoms with E-state index in [9.17, 15) is 8.42 Å². The lowest BCUT2D eigenvalue weighted by atomic mass is 9.68. The van der Waals surface area contributed by atoms with Gasteiger partial charge in [0.15, 0.2) is 0 Å². The first-order valence-corrected chi connectivity index (χ1v) is 9.76. The Bertz CT molecular complexity index is 370. The van der Waals surface area contributed by atoms with E-state index in [1.165, 1.54) is 6.42 Å². The van der Waals surface area contributed by atoms with Crippen molar-refractivity contribution < 1.29 is 8.42 Å². The number of alkyl halides is 1. The molecule has 0 saturated heterocycles. The lowest BCUT2D eigenvalue weighted by Crippen LogP contribution is -2.33. The first-order chi connectivity index (χ1) is 8.65. The molecule has 1 saturated carbocycles. The average Bonchev–Trinajstić information content (AvgIpc) is 2.26. The molecule has 114 valence electrons. The van der Waals surface area contributed by atoms with Gasteiger partial charge in [-0.25, -0.2) is 8.42 Å². The molecule has 0 amide bonds. The Labute approximate surface area is 124 Å². The fraction of sp³-hybridized carbons (Fsp3) is 1.00. The molecule has 0 aromatic heterocycles. The molecule has 19 heavy (non-hydrogen) atoms. The SMILES string of the molecule is CCCS(=O)(=O)CCC1CC(C(C)(C)C)CCC1Cl. The van der Waals surface area contributed by atoms with Gasteiger partial charge in [0.05, 0.1) is 5.75 Å². The Morgan fingerprint density at radius 1 is 1.16 bits per heavy atom. The van der Waals surface area contributed by atoms with Crippen molar-refractivity contribution in [3.63, 3.8) is 0 Å². The molecule has 3 unspecified atom stereocenters. The Morgan fingerprint density at radius 3 is 2.32 bits per heavy atom. The molecule has 0 spiro atoms. The molecular weight excluding hydrogens is 280 g/mol. The minimum atomic E-state index is -2.87. The van der Waals surface area contributed by atoms with Crippen molar-refractivity contribution in [2.24, 2.45) is 17.3 Å². The van der Waals surface area contributed by atoms with Gasteiger partial charge in [-0.3, -0.25) is 0 Å². The van der Waals surface area contributed by atoms with E-state index in [1.807, 2.05) is 6.92 Å². The highest BCUT2D eigenvalue weighted by Crippen LogP contribution is 2.43. The highest BCUT2D eigenvalue weighted by Gasteiger charge is 2.35. The molecule has 1 rings (SSSR count). The van der Waals surface area contributed by atoms with Gasteiger partial charge in [0.1, 0.15) is 9.84 Å². The molecule has 1 aliphatic rings. The normalized spacial score (nSPS) is 29.4. The molecule has 0 aliphatic heterocycles. The van der Waals surface area contributed by atoms with Crippen LogP contribution in [0.1, 0.15) is 59.8 Å². The molecule has 0 radical (unpaired) electrons. The van der Waals surface area contributed by atoms with Crippen LogP contribution in [-0.2, 0) is 9.84 Å². The minimum absolute atomic E-state index is 0.162. The van der Waals surface area contributed by atoms with Crippen LogP contribution >= 0.6 is 11.6 Å². The van der Waals surface area contributed by atoms with Crippen LogP contribution in [0.5, 0.6) is 0 Å². The van der Waals surface area contributed by atoms with Crippen LogP contribution in [0, 0.1) is 17.3 Å². The molecule has 0 bridgehead atoms. The maximum absolute atomic E-state index is 11.8. The Balaban J connectivity index is 2.56. The first kappa shape index (κ1) is 17.3. The van der Waals surface area contributed by atoms with Crippen LogP contribution in [0.4, 0.5) is 0 Å². The standard InChI is InChI=1S/C15H29ClO2S/c1-5-9-19(17,18)10-8-12-11-13(15(2,3)4)6-7-14(12)16/h12-14H,5-11H2,1-4H3. The molecule has 1 aliphatic carbocycles. The summed E-state index contributed by atoms with van der Waals surface area (Å²) in [5.41, 5.74) is 0.303. The topological polar surface area (TPSA) is 34.1 Å². The summed E-state index contributed by atoms with van der Waals surface area (Å²) in [6, 6.07) is 0. The zero-order chi connectivity index (χ0) is 14.7. The number of sulfone groups is 1. The van der Waals surface area contributed by atoms with E-state index in [0.29, 0.717) is 35.2 Å². The Hall–Kier alpha value is 0.240. The van der Waals surface area contributed by atoms with Gasteiger partial charge in [0, 0.05) is 11.1 Å². The van der Waals surface area contributed by atoms with Gasteiger partial charge in [0.2, 0.25) is 0 Å². The van der Waals surface area contributed by atoms with E-state index < -0.39 is 9.84 Å². The van der Waals surface area contributed by atoms with Crippen LogP contribution in [0.25, 0.3) is 0 Å². The van der Waals surface area contributed by atoms with Crippen LogP contribution in [0.3, 0.4) is 0 Å². The van der Waals surface area contributed by atoms with Gasteiger partial charge in [-0.2, -0.15) is 0 Å². The number of hydrogen-bond acceptors (Lipinski definition) is 2. The zero-order valence-corrected chi connectivity index (χ0v) is 14.4. The predicted molar refractivity (Wildman–Crippen MR) is 83.5 cm³/mol.